The minimum atomic E-state index is -3.48. The summed E-state index contributed by atoms with van der Waals surface area (Å²) >= 11 is 0.994. The summed E-state index contributed by atoms with van der Waals surface area (Å²) in [5, 5.41) is 1.54. The Morgan fingerprint density at radius 1 is 1.04 bits per heavy atom. The van der Waals surface area contributed by atoms with Crippen LogP contribution in [0.5, 0.6) is 5.75 Å². The number of carbonyl (C=O) groups is 2. The molecule has 0 unspecified atom stereocenters. The molecule has 28 heavy (non-hydrogen) atoms. The van der Waals surface area contributed by atoms with Crippen molar-refractivity contribution in [1.82, 2.24) is 5.32 Å². The molecule has 0 radical (unpaired) electrons. The van der Waals surface area contributed by atoms with Crippen molar-refractivity contribution in [1.29, 1.82) is 0 Å². The number of rotatable bonds is 8. The molecule has 1 heterocycles. The molecule has 1 atom stereocenters. The van der Waals surface area contributed by atoms with Crippen molar-refractivity contribution in [3.8, 4) is 5.75 Å². The molecule has 1 aliphatic rings. The lowest BCUT2D eigenvalue weighted by Crippen LogP contribution is -2.25. The predicted molar refractivity (Wildman–Crippen MR) is 109 cm³/mol. The van der Waals surface area contributed by atoms with Gasteiger partial charge in [0, 0.05) is 5.69 Å². The highest BCUT2D eigenvalue weighted by Crippen LogP contribution is 2.23. The zero-order valence-electron chi connectivity index (χ0n) is 15.2. The third-order valence-corrected chi connectivity index (χ3v) is 6.50. The lowest BCUT2D eigenvalue weighted by atomic mass is 10.1. The van der Waals surface area contributed by atoms with Crippen LogP contribution in [0.4, 0.5) is 10.5 Å². The van der Waals surface area contributed by atoms with E-state index >= 15 is 0 Å². The third-order valence-electron chi connectivity index (χ3n) is 4.23. The SMILES string of the molecule is COc1ccc(NS(=O)(=O)CCc2ccc(C[C@@H]3SC(=O)NC3=O)cc2)cc1. The maximum absolute atomic E-state index is 12.3. The average molecular weight is 421 g/mol. The van der Waals surface area contributed by atoms with Gasteiger partial charge in [0.1, 0.15) is 5.75 Å². The number of amides is 2. The number of benzene rings is 2. The van der Waals surface area contributed by atoms with Gasteiger partial charge in [-0.3, -0.25) is 19.6 Å². The highest BCUT2D eigenvalue weighted by atomic mass is 32.2. The smallest absolute Gasteiger partial charge is 0.286 e. The molecule has 2 aromatic carbocycles. The van der Waals surface area contributed by atoms with Crippen molar-refractivity contribution in [2.75, 3.05) is 17.6 Å². The van der Waals surface area contributed by atoms with Crippen molar-refractivity contribution in [3.05, 3.63) is 59.7 Å². The van der Waals surface area contributed by atoms with Gasteiger partial charge in [0.2, 0.25) is 15.9 Å². The minimum Gasteiger partial charge on any atom is -0.497 e. The summed E-state index contributed by atoms with van der Waals surface area (Å²) in [6.45, 7) is 0. The molecule has 2 amide bonds. The molecular weight excluding hydrogens is 400 g/mol. The zero-order valence-corrected chi connectivity index (χ0v) is 16.8. The van der Waals surface area contributed by atoms with Gasteiger partial charge in [0.05, 0.1) is 18.1 Å². The van der Waals surface area contributed by atoms with Crippen LogP contribution < -0.4 is 14.8 Å². The van der Waals surface area contributed by atoms with Gasteiger partial charge < -0.3 is 4.74 Å². The number of aryl methyl sites for hydroxylation is 1. The maximum Gasteiger partial charge on any atom is 0.286 e. The summed E-state index contributed by atoms with van der Waals surface area (Å²) in [4.78, 5) is 22.8. The average Bonchev–Trinajstić information content (AvgIpc) is 2.98. The Bertz CT molecular complexity index is 957. The van der Waals surface area contributed by atoms with E-state index in [4.69, 9.17) is 4.74 Å². The molecule has 0 aromatic heterocycles. The molecule has 1 aliphatic heterocycles. The second-order valence-corrected chi connectivity index (χ2v) is 9.32. The number of thioether (sulfide) groups is 1. The van der Waals surface area contributed by atoms with Crippen LogP contribution in [0.3, 0.4) is 0 Å². The van der Waals surface area contributed by atoms with Crippen molar-refractivity contribution in [2.24, 2.45) is 0 Å². The summed E-state index contributed by atoms with van der Waals surface area (Å²) in [5.74, 6) is 0.337. The van der Waals surface area contributed by atoms with Crippen molar-refractivity contribution >= 4 is 38.6 Å². The summed E-state index contributed by atoms with van der Waals surface area (Å²) < 4.78 is 32.1. The first-order chi connectivity index (χ1) is 13.3. The van der Waals surface area contributed by atoms with E-state index in [1.807, 2.05) is 24.3 Å². The number of sulfonamides is 1. The van der Waals surface area contributed by atoms with Crippen molar-refractivity contribution < 1.29 is 22.7 Å². The number of nitrogens with one attached hydrogen (secondary N) is 2. The van der Waals surface area contributed by atoms with E-state index in [0.717, 1.165) is 22.9 Å². The number of imide groups is 1. The molecule has 0 saturated carbocycles. The Balaban J connectivity index is 1.53. The fourth-order valence-electron chi connectivity index (χ4n) is 2.73. The number of hydrogen-bond acceptors (Lipinski definition) is 6. The molecule has 0 spiro atoms. The first-order valence-corrected chi connectivity index (χ1v) is 11.1. The lowest BCUT2D eigenvalue weighted by molar-refractivity contribution is -0.118. The third kappa shape index (κ3) is 5.49. The van der Waals surface area contributed by atoms with E-state index in [9.17, 15) is 18.0 Å². The maximum atomic E-state index is 12.3. The highest BCUT2D eigenvalue weighted by molar-refractivity contribution is 8.15. The van der Waals surface area contributed by atoms with Crippen LogP contribution in [0.2, 0.25) is 0 Å². The number of ether oxygens (including phenoxy) is 1. The standard InChI is InChI=1S/C19H20N2O5S2/c1-26-16-8-6-15(7-9-16)21-28(24,25)11-10-13-2-4-14(5-3-13)12-17-18(22)20-19(23)27-17/h2-9,17,21H,10-12H2,1H3,(H,20,22,23)/t17-/m0/s1. The van der Waals surface area contributed by atoms with Crippen LogP contribution in [0.25, 0.3) is 0 Å². The summed E-state index contributed by atoms with van der Waals surface area (Å²) in [7, 11) is -1.93. The van der Waals surface area contributed by atoms with Crippen LogP contribution in [0.15, 0.2) is 48.5 Å². The normalized spacial score (nSPS) is 16.7. The van der Waals surface area contributed by atoms with Gasteiger partial charge in [0.25, 0.3) is 5.24 Å². The Hall–Kier alpha value is -2.52. The molecule has 2 N–H and O–H groups in total. The highest BCUT2D eigenvalue weighted by Gasteiger charge is 2.31. The lowest BCUT2D eigenvalue weighted by Gasteiger charge is -2.10. The predicted octanol–water partition coefficient (Wildman–Crippen LogP) is 2.57. The quantitative estimate of drug-likeness (QED) is 0.681. The second-order valence-electron chi connectivity index (χ2n) is 6.30. The Kier molecular flexibility index (Phi) is 6.25. The number of carbonyl (C=O) groups excluding carboxylic acids is 2. The Labute approximate surface area is 167 Å². The largest absolute Gasteiger partial charge is 0.497 e. The van der Waals surface area contributed by atoms with Crippen LogP contribution in [0.1, 0.15) is 11.1 Å². The molecule has 3 rings (SSSR count). The topological polar surface area (TPSA) is 102 Å². The van der Waals surface area contributed by atoms with Gasteiger partial charge in [0.15, 0.2) is 0 Å². The molecule has 2 aromatic rings. The monoisotopic (exact) mass is 420 g/mol. The molecule has 1 fully saturated rings. The Morgan fingerprint density at radius 3 is 2.25 bits per heavy atom. The van der Waals surface area contributed by atoms with Gasteiger partial charge in [-0.25, -0.2) is 8.42 Å². The van der Waals surface area contributed by atoms with E-state index in [1.165, 1.54) is 0 Å². The molecule has 0 aliphatic carbocycles. The molecule has 9 heteroatoms. The zero-order chi connectivity index (χ0) is 20.1. The molecule has 7 nitrogen and oxygen atoms in total. The molecule has 1 saturated heterocycles. The van der Waals surface area contributed by atoms with Gasteiger partial charge in [-0.05, 0) is 48.2 Å². The van der Waals surface area contributed by atoms with E-state index < -0.39 is 15.3 Å². The fraction of sp³-hybridized carbons (Fsp3) is 0.263. The second kappa shape index (κ2) is 8.66. The fourth-order valence-corrected chi connectivity index (χ4v) is 4.69. The van der Waals surface area contributed by atoms with Gasteiger partial charge in [-0.15, -0.1) is 0 Å². The van der Waals surface area contributed by atoms with Crippen LogP contribution >= 0.6 is 11.8 Å². The first-order valence-electron chi connectivity index (χ1n) is 8.58. The van der Waals surface area contributed by atoms with Crippen LogP contribution in [-0.4, -0.2) is 37.7 Å². The van der Waals surface area contributed by atoms with E-state index in [-0.39, 0.29) is 16.9 Å². The number of methoxy groups -OCH3 is 1. The Morgan fingerprint density at radius 2 is 1.68 bits per heavy atom. The van der Waals surface area contributed by atoms with Crippen molar-refractivity contribution in [2.45, 2.75) is 18.1 Å². The minimum absolute atomic E-state index is 0.0479. The summed E-state index contributed by atoms with van der Waals surface area (Å²) in [6, 6.07) is 14.1. The van der Waals surface area contributed by atoms with Gasteiger partial charge >= 0.3 is 0 Å². The molecular formula is C19H20N2O5S2. The number of anilines is 1. The van der Waals surface area contributed by atoms with E-state index in [2.05, 4.69) is 10.0 Å². The van der Waals surface area contributed by atoms with Gasteiger partial charge in [-0.2, -0.15) is 0 Å². The van der Waals surface area contributed by atoms with Gasteiger partial charge in [-0.1, -0.05) is 36.0 Å². The van der Waals surface area contributed by atoms with Crippen LogP contribution in [0, 0.1) is 0 Å². The van der Waals surface area contributed by atoms with Crippen LogP contribution in [-0.2, 0) is 27.7 Å². The first kappa shape index (κ1) is 20.2. The van der Waals surface area contributed by atoms with Crippen molar-refractivity contribution in [3.63, 3.8) is 0 Å². The molecule has 148 valence electrons. The van der Waals surface area contributed by atoms with E-state index in [0.29, 0.717) is 24.3 Å². The molecule has 0 bridgehead atoms. The number of hydrogen-bond donors (Lipinski definition) is 2. The van der Waals surface area contributed by atoms with E-state index in [1.54, 1.807) is 31.4 Å². The summed E-state index contributed by atoms with van der Waals surface area (Å²) in [6.07, 6.45) is 0.822. The summed E-state index contributed by atoms with van der Waals surface area (Å²) in [5.41, 5.74) is 2.28.